The lowest BCUT2D eigenvalue weighted by Crippen LogP contribution is -2.57. The fourth-order valence-corrected chi connectivity index (χ4v) is 1.92. The van der Waals surface area contributed by atoms with Crippen molar-refractivity contribution in [1.29, 1.82) is 0 Å². The van der Waals surface area contributed by atoms with Crippen molar-refractivity contribution in [3.8, 4) is 0 Å². The minimum Gasteiger partial charge on any atom is -0.480 e. The number of amides is 1. The third kappa shape index (κ3) is 4.06. The van der Waals surface area contributed by atoms with Gasteiger partial charge in [0.25, 0.3) is 0 Å². The highest BCUT2D eigenvalue weighted by atomic mass is 16.4. The van der Waals surface area contributed by atoms with Gasteiger partial charge in [-0.05, 0) is 18.4 Å². The lowest BCUT2D eigenvalue weighted by Gasteiger charge is -2.27. The maximum Gasteiger partial charge on any atom is 0.326 e. The Morgan fingerprint density at radius 1 is 1.25 bits per heavy atom. The molecule has 0 bridgehead atoms. The highest BCUT2D eigenvalue weighted by Crippen LogP contribution is 2.12. The molecule has 4 N–H and O–H groups in total. The molecule has 0 radical (unpaired) electrons. The van der Waals surface area contributed by atoms with Gasteiger partial charge in [-0.2, -0.15) is 0 Å². The van der Waals surface area contributed by atoms with E-state index in [1.54, 1.807) is 0 Å². The first-order chi connectivity index (χ1) is 9.42. The van der Waals surface area contributed by atoms with Gasteiger partial charge in [0.2, 0.25) is 5.91 Å². The number of nitrogens with one attached hydrogen (secondary N) is 1. The molecule has 110 valence electrons. The number of carbonyl (C=O) groups is 2. The zero-order valence-electron chi connectivity index (χ0n) is 11.9. The standard InChI is InChI=1S/C15H22N2O3/c1-3-15(16,4-2)14(20)17-12(13(18)19)10-11-8-6-5-7-9-11/h5-9,12H,3-4,10,16H2,1-2H3,(H,17,20)(H,18,19). The molecule has 0 heterocycles. The van der Waals surface area contributed by atoms with E-state index in [2.05, 4.69) is 5.32 Å². The second-order valence-electron chi connectivity index (χ2n) is 4.92. The molecule has 1 aromatic carbocycles. The summed E-state index contributed by atoms with van der Waals surface area (Å²) in [6.07, 6.45) is 1.17. The van der Waals surface area contributed by atoms with Crippen LogP contribution in [-0.4, -0.2) is 28.6 Å². The smallest absolute Gasteiger partial charge is 0.326 e. The van der Waals surface area contributed by atoms with Crippen molar-refractivity contribution in [1.82, 2.24) is 5.32 Å². The van der Waals surface area contributed by atoms with Crippen LogP contribution in [0.3, 0.4) is 0 Å². The maximum absolute atomic E-state index is 12.1. The van der Waals surface area contributed by atoms with E-state index in [-0.39, 0.29) is 6.42 Å². The molecular formula is C15H22N2O3. The van der Waals surface area contributed by atoms with Crippen molar-refractivity contribution < 1.29 is 14.7 Å². The number of hydrogen-bond donors (Lipinski definition) is 3. The van der Waals surface area contributed by atoms with Crippen LogP contribution < -0.4 is 11.1 Å². The van der Waals surface area contributed by atoms with Crippen LogP contribution in [0.15, 0.2) is 30.3 Å². The third-order valence-electron chi connectivity index (χ3n) is 3.60. The lowest BCUT2D eigenvalue weighted by molar-refractivity contribution is -0.142. The molecular weight excluding hydrogens is 256 g/mol. The van der Waals surface area contributed by atoms with Crippen LogP contribution in [0.4, 0.5) is 0 Å². The molecule has 1 atom stereocenters. The van der Waals surface area contributed by atoms with Gasteiger partial charge in [-0.15, -0.1) is 0 Å². The van der Waals surface area contributed by atoms with E-state index < -0.39 is 23.5 Å². The number of aliphatic carboxylic acids is 1. The number of hydrogen-bond acceptors (Lipinski definition) is 3. The zero-order chi connectivity index (χ0) is 15.2. The lowest BCUT2D eigenvalue weighted by atomic mass is 9.92. The molecule has 0 aliphatic carbocycles. The van der Waals surface area contributed by atoms with Gasteiger partial charge < -0.3 is 16.2 Å². The van der Waals surface area contributed by atoms with E-state index in [1.165, 1.54) is 0 Å². The minimum atomic E-state index is -1.06. The number of rotatable bonds is 7. The fourth-order valence-electron chi connectivity index (χ4n) is 1.92. The van der Waals surface area contributed by atoms with E-state index in [0.29, 0.717) is 12.8 Å². The second-order valence-corrected chi connectivity index (χ2v) is 4.92. The molecule has 5 heteroatoms. The van der Waals surface area contributed by atoms with Crippen LogP contribution >= 0.6 is 0 Å². The maximum atomic E-state index is 12.1. The van der Waals surface area contributed by atoms with E-state index in [0.717, 1.165) is 5.56 Å². The SMILES string of the molecule is CCC(N)(CC)C(=O)NC(Cc1ccccc1)C(=O)O. The van der Waals surface area contributed by atoms with Crippen LogP contribution in [0.2, 0.25) is 0 Å². The Hall–Kier alpha value is -1.88. The van der Waals surface area contributed by atoms with Gasteiger partial charge in [0, 0.05) is 6.42 Å². The van der Waals surface area contributed by atoms with Gasteiger partial charge in [0.05, 0.1) is 5.54 Å². The molecule has 1 rings (SSSR count). The summed E-state index contributed by atoms with van der Waals surface area (Å²) in [4.78, 5) is 23.4. The number of carboxylic acids is 1. The number of benzene rings is 1. The van der Waals surface area contributed by atoms with E-state index >= 15 is 0 Å². The molecule has 0 saturated carbocycles. The van der Waals surface area contributed by atoms with Crippen molar-refractivity contribution >= 4 is 11.9 Å². The first kappa shape index (κ1) is 16.2. The molecule has 5 nitrogen and oxygen atoms in total. The average Bonchev–Trinajstić information content (AvgIpc) is 2.46. The molecule has 0 fully saturated rings. The summed E-state index contributed by atoms with van der Waals surface area (Å²) in [6.45, 7) is 3.63. The van der Waals surface area contributed by atoms with Crippen LogP contribution in [0.1, 0.15) is 32.3 Å². The van der Waals surface area contributed by atoms with Crippen molar-refractivity contribution in [3.05, 3.63) is 35.9 Å². The molecule has 1 amide bonds. The van der Waals surface area contributed by atoms with Crippen LogP contribution in [0.25, 0.3) is 0 Å². The van der Waals surface area contributed by atoms with Gasteiger partial charge in [-0.3, -0.25) is 4.79 Å². The predicted octanol–water partition coefficient (Wildman–Crippen LogP) is 1.32. The van der Waals surface area contributed by atoms with Crippen molar-refractivity contribution in [2.45, 2.75) is 44.7 Å². The molecule has 0 spiro atoms. The quantitative estimate of drug-likeness (QED) is 0.701. The van der Waals surface area contributed by atoms with Gasteiger partial charge in [-0.1, -0.05) is 44.2 Å². The van der Waals surface area contributed by atoms with E-state index in [9.17, 15) is 14.7 Å². The number of nitrogens with two attached hydrogens (primary N) is 1. The predicted molar refractivity (Wildman–Crippen MR) is 77.2 cm³/mol. The molecule has 20 heavy (non-hydrogen) atoms. The van der Waals surface area contributed by atoms with Crippen LogP contribution in [0.5, 0.6) is 0 Å². The van der Waals surface area contributed by atoms with Gasteiger partial charge in [0.1, 0.15) is 6.04 Å². The Morgan fingerprint density at radius 3 is 2.25 bits per heavy atom. The zero-order valence-corrected chi connectivity index (χ0v) is 11.9. The van der Waals surface area contributed by atoms with E-state index in [4.69, 9.17) is 5.73 Å². The Balaban J connectivity index is 2.78. The van der Waals surface area contributed by atoms with Gasteiger partial charge >= 0.3 is 5.97 Å². The molecule has 0 aliphatic rings. The first-order valence-electron chi connectivity index (χ1n) is 6.79. The van der Waals surface area contributed by atoms with Crippen molar-refractivity contribution in [3.63, 3.8) is 0 Å². The summed E-state index contributed by atoms with van der Waals surface area (Å²) in [5, 5.41) is 11.8. The molecule has 1 unspecified atom stereocenters. The van der Waals surface area contributed by atoms with Crippen molar-refractivity contribution in [2.75, 3.05) is 0 Å². The Bertz CT molecular complexity index is 455. The normalized spacial score (nSPS) is 12.8. The Labute approximate surface area is 119 Å². The minimum absolute atomic E-state index is 0.241. The molecule has 0 saturated heterocycles. The van der Waals surface area contributed by atoms with Gasteiger partial charge in [0.15, 0.2) is 0 Å². The average molecular weight is 278 g/mol. The summed E-state index contributed by atoms with van der Waals surface area (Å²) >= 11 is 0. The van der Waals surface area contributed by atoms with Crippen LogP contribution in [0, 0.1) is 0 Å². The summed E-state index contributed by atoms with van der Waals surface area (Å²) in [7, 11) is 0. The topological polar surface area (TPSA) is 92.4 Å². The summed E-state index contributed by atoms with van der Waals surface area (Å²) in [5.41, 5.74) is 5.82. The van der Waals surface area contributed by atoms with E-state index in [1.807, 2.05) is 44.2 Å². The number of carbonyl (C=O) groups excluding carboxylic acids is 1. The largest absolute Gasteiger partial charge is 0.480 e. The number of carboxylic acid groups (broad SMARTS) is 1. The highest BCUT2D eigenvalue weighted by Gasteiger charge is 2.33. The summed E-state index contributed by atoms with van der Waals surface area (Å²) in [5.74, 6) is -1.47. The molecule has 0 aromatic heterocycles. The summed E-state index contributed by atoms with van der Waals surface area (Å²) in [6, 6.07) is 8.22. The Morgan fingerprint density at radius 2 is 1.80 bits per heavy atom. The highest BCUT2D eigenvalue weighted by molar-refractivity contribution is 5.90. The summed E-state index contributed by atoms with van der Waals surface area (Å²) < 4.78 is 0. The van der Waals surface area contributed by atoms with Gasteiger partial charge in [-0.25, -0.2) is 4.79 Å². The first-order valence-corrected chi connectivity index (χ1v) is 6.79. The Kier molecular flexibility index (Phi) is 5.70. The van der Waals surface area contributed by atoms with Crippen molar-refractivity contribution in [2.24, 2.45) is 5.73 Å². The molecule has 0 aliphatic heterocycles. The monoisotopic (exact) mass is 278 g/mol. The second kappa shape index (κ2) is 7.05. The third-order valence-corrected chi connectivity index (χ3v) is 3.60. The fraction of sp³-hybridized carbons (Fsp3) is 0.467. The molecule has 1 aromatic rings. The van der Waals surface area contributed by atoms with Crippen LogP contribution in [-0.2, 0) is 16.0 Å².